The fourth-order valence-electron chi connectivity index (χ4n) is 1.21. The molecule has 0 spiro atoms. The molecule has 0 atom stereocenters. The molecule has 0 aliphatic carbocycles. The minimum atomic E-state index is 0.681. The zero-order valence-corrected chi connectivity index (χ0v) is 9.82. The summed E-state index contributed by atoms with van der Waals surface area (Å²) in [5.74, 6) is 0.875. The Morgan fingerprint density at radius 3 is 2.67 bits per heavy atom. The lowest BCUT2D eigenvalue weighted by Crippen LogP contribution is -1.90. The number of nitrogens with one attached hydrogen (secondary N) is 1. The molecule has 0 saturated heterocycles. The number of rotatable bonds is 3. The summed E-state index contributed by atoms with van der Waals surface area (Å²) in [7, 11) is 0. The van der Waals surface area contributed by atoms with Gasteiger partial charge in [0.15, 0.2) is 3.95 Å². The lowest BCUT2D eigenvalue weighted by Gasteiger charge is -2.02. The number of ether oxygens (including phenoxy) is 1. The van der Waals surface area contributed by atoms with Gasteiger partial charge in [-0.15, -0.1) is 0 Å². The maximum absolute atomic E-state index is 5.36. The van der Waals surface area contributed by atoms with Crippen LogP contribution in [0.5, 0.6) is 5.75 Å². The van der Waals surface area contributed by atoms with Gasteiger partial charge in [-0.2, -0.15) is 5.10 Å². The van der Waals surface area contributed by atoms with Gasteiger partial charge in [-0.3, -0.25) is 5.10 Å². The van der Waals surface area contributed by atoms with Crippen LogP contribution in [0.25, 0.3) is 10.6 Å². The highest BCUT2D eigenvalue weighted by molar-refractivity contribution is 7.73. The van der Waals surface area contributed by atoms with Crippen LogP contribution in [0.3, 0.4) is 0 Å². The van der Waals surface area contributed by atoms with E-state index in [4.69, 9.17) is 17.0 Å². The van der Waals surface area contributed by atoms with Crippen molar-refractivity contribution in [3.05, 3.63) is 28.2 Å². The molecule has 0 aliphatic heterocycles. The molecule has 0 bridgehead atoms. The van der Waals surface area contributed by atoms with E-state index in [1.54, 1.807) is 0 Å². The number of H-pyrrole nitrogens is 1. The summed E-state index contributed by atoms with van der Waals surface area (Å²) in [5, 5.41) is 7.77. The molecule has 5 heteroatoms. The first-order valence-corrected chi connectivity index (χ1v) is 5.81. The predicted octanol–water partition coefficient (Wildman–Crippen LogP) is 3.27. The molecular formula is C10H10N2OS2. The third-order valence-electron chi connectivity index (χ3n) is 1.85. The second-order valence-corrected chi connectivity index (χ2v) is 4.54. The van der Waals surface area contributed by atoms with E-state index < -0.39 is 0 Å². The Morgan fingerprint density at radius 1 is 1.40 bits per heavy atom. The number of hydrogen-bond donors (Lipinski definition) is 1. The summed E-state index contributed by atoms with van der Waals surface area (Å²) in [6, 6.07) is 7.82. The van der Waals surface area contributed by atoms with Crippen molar-refractivity contribution in [2.24, 2.45) is 0 Å². The van der Waals surface area contributed by atoms with E-state index in [0.29, 0.717) is 10.6 Å². The van der Waals surface area contributed by atoms with Gasteiger partial charge in [0.1, 0.15) is 10.8 Å². The third-order valence-corrected chi connectivity index (χ3v) is 2.99. The van der Waals surface area contributed by atoms with Gasteiger partial charge in [0.2, 0.25) is 0 Å². The average Bonchev–Trinajstić information content (AvgIpc) is 2.67. The van der Waals surface area contributed by atoms with Gasteiger partial charge in [-0.05, 0) is 43.4 Å². The molecule has 0 unspecified atom stereocenters. The fraction of sp³-hybridized carbons (Fsp3) is 0.200. The van der Waals surface area contributed by atoms with Gasteiger partial charge < -0.3 is 4.74 Å². The quantitative estimate of drug-likeness (QED) is 0.834. The normalized spacial score (nSPS) is 10.2. The Kier molecular flexibility index (Phi) is 3.13. The highest BCUT2D eigenvalue weighted by Crippen LogP contribution is 2.23. The van der Waals surface area contributed by atoms with Crippen molar-refractivity contribution in [1.82, 2.24) is 10.2 Å². The zero-order valence-electron chi connectivity index (χ0n) is 8.19. The topological polar surface area (TPSA) is 37.9 Å². The Bertz CT molecular complexity index is 487. The van der Waals surface area contributed by atoms with Crippen molar-refractivity contribution < 1.29 is 4.74 Å². The van der Waals surface area contributed by atoms with E-state index in [0.717, 1.165) is 16.3 Å². The van der Waals surface area contributed by atoms with E-state index in [1.165, 1.54) is 11.3 Å². The molecule has 0 radical (unpaired) electrons. The lowest BCUT2D eigenvalue weighted by molar-refractivity contribution is 0.340. The van der Waals surface area contributed by atoms with Crippen LogP contribution in [0, 0.1) is 3.95 Å². The molecule has 0 aliphatic rings. The molecule has 0 saturated carbocycles. The van der Waals surface area contributed by atoms with Crippen molar-refractivity contribution in [3.63, 3.8) is 0 Å². The SMILES string of the molecule is CCOc1ccc(-c2n[nH]c(=S)s2)cc1. The second-order valence-electron chi connectivity index (χ2n) is 2.88. The Balaban J connectivity index is 2.27. The van der Waals surface area contributed by atoms with E-state index in [2.05, 4.69) is 10.2 Å². The molecule has 15 heavy (non-hydrogen) atoms. The van der Waals surface area contributed by atoms with Crippen LogP contribution in [-0.4, -0.2) is 16.8 Å². The van der Waals surface area contributed by atoms with E-state index in [-0.39, 0.29) is 0 Å². The maximum Gasteiger partial charge on any atom is 0.176 e. The maximum atomic E-state index is 5.36. The van der Waals surface area contributed by atoms with Crippen LogP contribution in [0.4, 0.5) is 0 Å². The highest BCUT2D eigenvalue weighted by Gasteiger charge is 2.01. The molecule has 1 heterocycles. The first-order valence-electron chi connectivity index (χ1n) is 4.58. The van der Waals surface area contributed by atoms with Crippen LogP contribution >= 0.6 is 23.6 Å². The third kappa shape index (κ3) is 2.43. The van der Waals surface area contributed by atoms with Crippen molar-refractivity contribution in [2.75, 3.05) is 6.61 Å². The van der Waals surface area contributed by atoms with Gasteiger partial charge in [0.25, 0.3) is 0 Å². The van der Waals surface area contributed by atoms with Crippen LogP contribution in [-0.2, 0) is 0 Å². The Hall–Kier alpha value is -1.20. The molecule has 0 fully saturated rings. The highest BCUT2D eigenvalue weighted by atomic mass is 32.1. The van der Waals surface area contributed by atoms with Crippen molar-refractivity contribution in [3.8, 4) is 16.3 Å². The zero-order chi connectivity index (χ0) is 10.7. The summed E-state index contributed by atoms with van der Waals surface area (Å²) in [6.07, 6.45) is 0. The van der Waals surface area contributed by atoms with Crippen LogP contribution in [0.2, 0.25) is 0 Å². The number of aromatic amines is 1. The van der Waals surface area contributed by atoms with Gasteiger partial charge in [-0.25, -0.2) is 0 Å². The van der Waals surface area contributed by atoms with E-state index >= 15 is 0 Å². The number of benzene rings is 1. The largest absolute Gasteiger partial charge is 0.494 e. The molecule has 1 aromatic heterocycles. The number of hydrogen-bond acceptors (Lipinski definition) is 4. The number of nitrogens with zero attached hydrogens (tertiary/aromatic N) is 1. The monoisotopic (exact) mass is 238 g/mol. The Labute approximate surface area is 96.7 Å². The van der Waals surface area contributed by atoms with E-state index in [1.807, 2.05) is 31.2 Å². The predicted molar refractivity (Wildman–Crippen MR) is 63.9 cm³/mol. The van der Waals surface area contributed by atoms with E-state index in [9.17, 15) is 0 Å². The first-order chi connectivity index (χ1) is 7.29. The standard InChI is InChI=1S/C10H10N2OS2/c1-2-13-8-5-3-7(4-6-8)9-11-12-10(14)15-9/h3-6H,2H2,1H3,(H,12,14). The van der Waals surface area contributed by atoms with Gasteiger partial charge in [-0.1, -0.05) is 11.3 Å². The molecule has 3 nitrogen and oxygen atoms in total. The molecule has 0 amide bonds. The van der Waals surface area contributed by atoms with Gasteiger partial charge in [0.05, 0.1) is 6.61 Å². The van der Waals surface area contributed by atoms with Crippen LogP contribution in [0.1, 0.15) is 6.92 Å². The minimum Gasteiger partial charge on any atom is -0.494 e. The summed E-state index contributed by atoms with van der Waals surface area (Å²) in [5.41, 5.74) is 1.05. The molecule has 2 rings (SSSR count). The summed E-state index contributed by atoms with van der Waals surface area (Å²) in [6.45, 7) is 2.65. The summed E-state index contributed by atoms with van der Waals surface area (Å²) < 4.78 is 6.05. The van der Waals surface area contributed by atoms with Crippen molar-refractivity contribution in [1.29, 1.82) is 0 Å². The second kappa shape index (κ2) is 4.55. The molecule has 78 valence electrons. The summed E-state index contributed by atoms with van der Waals surface area (Å²) in [4.78, 5) is 0. The smallest absolute Gasteiger partial charge is 0.176 e. The fourth-order valence-corrected chi connectivity index (χ4v) is 2.11. The molecular weight excluding hydrogens is 228 g/mol. The molecule has 1 N–H and O–H groups in total. The van der Waals surface area contributed by atoms with Gasteiger partial charge in [0, 0.05) is 5.56 Å². The molecule has 1 aromatic carbocycles. The van der Waals surface area contributed by atoms with Crippen LogP contribution < -0.4 is 4.74 Å². The lowest BCUT2D eigenvalue weighted by atomic mass is 10.2. The van der Waals surface area contributed by atoms with Crippen molar-refractivity contribution >= 4 is 23.6 Å². The van der Waals surface area contributed by atoms with Crippen molar-refractivity contribution in [2.45, 2.75) is 6.92 Å². The average molecular weight is 238 g/mol. The van der Waals surface area contributed by atoms with Crippen LogP contribution in [0.15, 0.2) is 24.3 Å². The summed E-state index contributed by atoms with van der Waals surface area (Å²) >= 11 is 6.44. The first kappa shape index (κ1) is 10.3. The number of aromatic nitrogens is 2. The minimum absolute atomic E-state index is 0.681. The molecule has 2 aromatic rings. The Morgan fingerprint density at radius 2 is 2.13 bits per heavy atom. The van der Waals surface area contributed by atoms with Gasteiger partial charge >= 0.3 is 0 Å².